The Bertz CT molecular complexity index is 626. The number of hydrogen-bond donors (Lipinski definition) is 1. The highest BCUT2D eigenvalue weighted by Gasteiger charge is 2.32. The molecule has 1 N–H and O–H groups in total. The molecule has 0 aliphatic carbocycles. The van der Waals surface area contributed by atoms with Crippen LogP contribution in [0.3, 0.4) is 0 Å². The second kappa shape index (κ2) is 5.95. The van der Waals surface area contributed by atoms with E-state index in [0.717, 1.165) is 23.9 Å². The second-order valence-electron chi connectivity index (χ2n) is 4.55. The third-order valence-electron chi connectivity index (χ3n) is 3.05. The van der Waals surface area contributed by atoms with E-state index >= 15 is 0 Å². The number of alkyl halides is 3. The monoisotopic (exact) mass is 295 g/mol. The van der Waals surface area contributed by atoms with Crippen LogP contribution < -0.4 is 0 Å². The lowest BCUT2D eigenvalue weighted by atomic mass is 9.95. The fourth-order valence-corrected chi connectivity index (χ4v) is 1.98. The van der Waals surface area contributed by atoms with Gasteiger partial charge in [-0.1, -0.05) is 30.3 Å². The smallest absolute Gasteiger partial charge is 0.416 e. The normalized spacial score (nSPS) is 12.9. The Morgan fingerprint density at radius 2 is 1.86 bits per heavy atom. The van der Waals surface area contributed by atoms with Gasteiger partial charge in [-0.15, -0.1) is 0 Å². The number of pyridine rings is 1. The molecule has 0 bridgehead atoms. The molecule has 2 rings (SSSR count). The molecule has 1 atom stereocenters. The van der Waals surface area contributed by atoms with Crippen LogP contribution in [0, 0.1) is 0 Å². The minimum atomic E-state index is -4.52. The van der Waals surface area contributed by atoms with Crippen molar-refractivity contribution in [1.29, 1.82) is 0 Å². The first-order valence-electron chi connectivity index (χ1n) is 6.18. The maximum Gasteiger partial charge on any atom is 0.416 e. The molecule has 2 aromatic rings. The molecule has 0 saturated heterocycles. The van der Waals surface area contributed by atoms with Crippen LogP contribution in [-0.2, 0) is 17.4 Å². The van der Waals surface area contributed by atoms with Gasteiger partial charge in [-0.3, -0.25) is 9.78 Å². The molecule has 0 radical (unpaired) electrons. The van der Waals surface area contributed by atoms with Gasteiger partial charge in [0.2, 0.25) is 0 Å². The Hall–Kier alpha value is -2.37. The van der Waals surface area contributed by atoms with Gasteiger partial charge in [0.15, 0.2) is 0 Å². The van der Waals surface area contributed by atoms with Gasteiger partial charge in [-0.05, 0) is 24.1 Å². The molecule has 0 aliphatic heterocycles. The molecule has 0 saturated carbocycles. The lowest BCUT2D eigenvalue weighted by Gasteiger charge is -2.14. The molecule has 6 heteroatoms. The average Bonchev–Trinajstić information content (AvgIpc) is 2.45. The lowest BCUT2D eigenvalue weighted by molar-refractivity contribution is -0.140. The maximum absolute atomic E-state index is 12.7. The van der Waals surface area contributed by atoms with Crippen LogP contribution in [0.4, 0.5) is 13.2 Å². The van der Waals surface area contributed by atoms with E-state index in [1.165, 1.54) is 0 Å². The number of rotatable bonds is 4. The quantitative estimate of drug-likeness (QED) is 0.939. The molecule has 0 spiro atoms. The predicted octanol–water partition coefficient (Wildman–Crippen LogP) is 3.51. The highest BCUT2D eigenvalue weighted by atomic mass is 19.4. The molecule has 110 valence electrons. The number of benzene rings is 1. The lowest BCUT2D eigenvalue weighted by Crippen LogP contribution is -2.17. The minimum Gasteiger partial charge on any atom is -0.481 e. The van der Waals surface area contributed by atoms with Gasteiger partial charge in [0.05, 0.1) is 11.3 Å². The SMILES string of the molecule is O=C(O)C(Cc1ccccc1)c1cc(C(F)(F)F)ccn1. The number of aliphatic carboxylic acids is 1. The topological polar surface area (TPSA) is 50.2 Å². The molecular weight excluding hydrogens is 283 g/mol. The van der Waals surface area contributed by atoms with E-state index in [-0.39, 0.29) is 12.1 Å². The summed E-state index contributed by atoms with van der Waals surface area (Å²) in [6, 6.07) is 10.3. The van der Waals surface area contributed by atoms with E-state index in [0.29, 0.717) is 0 Å². The first-order chi connectivity index (χ1) is 9.88. The number of carboxylic acid groups (broad SMARTS) is 1. The van der Waals surface area contributed by atoms with E-state index in [4.69, 9.17) is 0 Å². The van der Waals surface area contributed by atoms with Crippen LogP contribution in [0.25, 0.3) is 0 Å². The molecule has 1 unspecified atom stereocenters. The van der Waals surface area contributed by atoms with Crippen molar-refractivity contribution in [2.24, 2.45) is 0 Å². The number of carbonyl (C=O) groups is 1. The van der Waals surface area contributed by atoms with Gasteiger partial charge < -0.3 is 5.11 Å². The van der Waals surface area contributed by atoms with Crippen LogP contribution >= 0.6 is 0 Å². The molecule has 3 nitrogen and oxygen atoms in total. The molecule has 1 aromatic heterocycles. The van der Waals surface area contributed by atoms with Crippen molar-refractivity contribution in [1.82, 2.24) is 4.98 Å². The van der Waals surface area contributed by atoms with Gasteiger partial charge in [0, 0.05) is 6.20 Å². The van der Waals surface area contributed by atoms with E-state index in [1.54, 1.807) is 30.3 Å². The van der Waals surface area contributed by atoms with E-state index < -0.39 is 23.6 Å². The van der Waals surface area contributed by atoms with E-state index in [9.17, 15) is 23.1 Å². The Kier molecular flexibility index (Phi) is 4.26. The predicted molar refractivity (Wildman–Crippen MR) is 69.8 cm³/mol. The van der Waals surface area contributed by atoms with Gasteiger partial charge in [0.1, 0.15) is 5.92 Å². The number of nitrogens with zero attached hydrogens (tertiary/aromatic N) is 1. The van der Waals surface area contributed by atoms with Crippen molar-refractivity contribution in [2.75, 3.05) is 0 Å². The summed E-state index contributed by atoms with van der Waals surface area (Å²) < 4.78 is 38.1. The number of hydrogen-bond acceptors (Lipinski definition) is 2. The van der Waals surface area contributed by atoms with Crippen LogP contribution in [0.5, 0.6) is 0 Å². The standard InChI is InChI=1S/C15H12F3NO2/c16-15(17,18)11-6-7-19-13(9-11)12(14(20)21)8-10-4-2-1-3-5-10/h1-7,9,12H,8H2,(H,20,21). The van der Waals surface area contributed by atoms with E-state index in [2.05, 4.69) is 4.98 Å². The van der Waals surface area contributed by atoms with Gasteiger partial charge >= 0.3 is 12.1 Å². The molecule has 0 amide bonds. The first-order valence-corrected chi connectivity index (χ1v) is 6.18. The molecule has 0 aliphatic rings. The van der Waals surface area contributed by atoms with Crippen molar-refractivity contribution in [2.45, 2.75) is 18.5 Å². The summed E-state index contributed by atoms with van der Waals surface area (Å²) in [5.74, 6) is -2.32. The highest BCUT2D eigenvalue weighted by Crippen LogP contribution is 2.31. The number of carboxylic acids is 1. The summed E-state index contributed by atoms with van der Waals surface area (Å²) in [5, 5.41) is 9.26. The second-order valence-corrected chi connectivity index (χ2v) is 4.55. The Morgan fingerprint density at radius 3 is 2.43 bits per heavy atom. The average molecular weight is 295 g/mol. The first kappa shape index (κ1) is 15.0. The third kappa shape index (κ3) is 3.81. The summed E-state index contributed by atoms with van der Waals surface area (Å²) in [7, 11) is 0. The summed E-state index contributed by atoms with van der Waals surface area (Å²) in [6.07, 6.45) is -3.45. The van der Waals surface area contributed by atoms with Crippen molar-refractivity contribution < 1.29 is 23.1 Å². The highest BCUT2D eigenvalue weighted by molar-refractivity contribution is 5.76. The third-order valence-corrected chi connectivity index (χ3v) is 3.05. The summed E-state index contributed by atoms with van der Waals surface area (Å²) in [5.41, 5.74) is -0.267. The summed E-state index contributed by atoms with van der Waals surface area (Å²) in [6.45, 7) is 0. The summed E-state index contributed by atoms with van der Waals surface area (Å²) >= 11 is 0. The van der Waals surface area contributed by atoms with Crippen LogP contribution in [0.15, 0.2) is 48.7 Å². The van der Waals surface area contributed by atoms with E-state index in [1.807, 2.05) is 0 Å². The summed E-state index contributed by atoms with van der Waals surface area (Å²) in [4.78, 5) is 15.1. The Labute approximate surface area is 119 Å². The number of halogens is 3. The van der Waals surface area contributed by atoms with Crippen LogP contribution in [0.2, 0.25) is 0 Å². The number of aromatic nitrogens is 1. The van der Waals surface area contributed by atoms with Crippen LogP contribution in [-0.4, -0.2) is 16.1 Å². The fourth-order valence-electron chi connectivity index (χ4n) is 1.98. The minimum absolute atomic E-state index is 0.0878. The molecule has 21 heavy (non-hydrogen) atoms. The maximum atomic E-state index is 12.7. The van der Waals surface area contributed by atoms with Gasteiger partial charge in [0.25, 0.3) is 0 Å². The van der Waals surface area contributed by atoms with Crippen LogP contribution in [0.1, 0.15) is 22.7 Å². The van der Waals surface area contributed by atoms with Crippen molar-refractivity contribution in [3.05, 3.63) is 65.5 Å². The zero-order valence-electron chi connectivity index (χ0n) is 10.8. The molecular formula is C15H12F3NO2. The van der Waals surface area contributed by atoms with Gasteiger partial charge in [-0.25, -0.2) is 0 Å². The Morgan fingerprint density at radius 1 is 1.19 bits per heavy atom. The van der Waals surface area contributed by atoms with Gasteiger partial charge in [-0.2, -0.15) is 13.2 Å². The molecule has 1 heterocycles. The largest absolute Gasteiger partial charge is 0.481 e. The Balaban J connectivity index is 2.33. The molecule has 1 aromatic carbocycles. The fraction of sp³-hybridized carbons (Fsp3) is 0.200. The van der Waals surface area contributed by atoms with Crippen molar-refractivity contribution in [3.8, 4) is 0 Å². The zero-order chi connectivity index (χ0) is 15.5. The zero-order valence-corrected chi connectivity index (χ0v) is 10.8. The molecule has 0 fully saturated rings. The van der Waals surface area contributed by atoms with Crippen molar-refractivity contribution >= 4 is 5.97 Å². The van der Waals surface area contributed by atoms with Crippen molar-refractivity contribution in [3.63, 3.8) is 0 Å².